The Bertz CT molecular complexity index is 611. The topological polar surface area (TPSA) is 135 Å². The highest BCUT2D eigenvalue weighted by Gasteiger charge is 2.14. The predicted molar refractivity (Wildman–Crippen MR) is 73.0 cm³/mol. The first-order valence-electron chi connectivity index (χ1n) is 5.22. The van der Waals surface area contributed by atoms with Gasteiger partial charge in [-0.15, -0.1) is 0 Å². The molecule has 6 nitrogen and oxygen atoms in total. The first-order valence-corrected chi connectivity index (χ1v) is 5.22. The van der Waals surface area contributed by atoms with Gasteiger partial charge in [0.25, 0.3) is 0 Å². The van der Waals surface area contributed by atoms with Crippen LogP contribution < -0.4 is 11.9 Å². The van der Waals surface area contributed by atoms with Gasteiger partial charge in [-0.05, 0) is 18.2 Å². The number of para-hydroxylation sites is 1. The highest BCUT2D eigenvalue weighted by Crippen LogP contribution is 2.20. The molecule has 19 heavy (non-hydrogen) atoms. The van der Waals surface area contributed by atoms with Gasteiger partial charge in [0.2, 0.25) is 0 Å². The third-order valence-corrected chi connectivity index (χ3v) is 2.57. The molecule has 98 valence electrons. The molecule has 0 saturated heterocycles. The van der Waals surface area contributed by atoms with Crippen LogP contribution in [0.4, 0.5) is 5.69 Å². The zero-order chi connectivity index (χ0) is 13.1. The second-order valence-corrected chi connectivity index (χ2v) is 3.68. The Morgan fingerprint density at radius 1 is 1.16 bits per heavy atom. The molecule has 0 aliphatic rings. The van der Waals surface area contributed by atoms with Gasteiger partial charge < -0.3 is 17.0 Å². The molecule has 7 N–H and O–H groups in total. The Kier molecular flexibility index (Phi) is 4.33. The maximum atomic E-state index is 11.0. The lowest BCUT2D eigenvalue weighted by Crippen LogP contribution is -2.10. The molecular weight excluding hydrogens is 244 g/mol. The maximum absolute atomic E-state index is 11.0. The van der Waals surface area contributed by atoms with Crippen molar-refractivity contribution in [3.63, 3.8) is 0 Å². The van der Waals surface area contributed by atoms with E-state index in [1.807, 2.05) is 0 Å². The molecule has 1 heterocycles. The van der Waals surface area contributed by atoms with E-state index in [0.29, 0.717) is 11.1 Å². The number of nitrogen functional groups attached to an aromatic ring is 1. The van der Waals surface area contributed by atoms with Gasteiger partial charge in [-0.3, -0.25) is 10.4 Å². The van der Waals surface area contributed by atoms with Crippen LogP contribution in [0.2, 0.25) is 0 Å². The second kappa shape index (κ2) is 5.74. The number of pyridine rings is 1. The number of benzene rings is 1. The van der Waals surface area contributed by atoms with E-state index in [4.69, 9.17) is 16.2 Å². The number of rotatable bonds is 3. The Morgan fingerprint density at radius 2 is 1.74 bits per heavy atom. The molecule has 1 aromatic heterocycles. The minimum absolute atomic E-state index is 0. The van der Waals surface area contributed by atoms with Crippen LogP contribution in [0.1, 0.15) is 21.5 Å². The minimum Gasteiger partial charge on any atom is -0.478 e. The molecule has 2 aromatic rings. The second-order valence-electron chi connectivity index (χ2n) is 3.68. The molecule has 0 atom stereocenters. The van der Waals surface area contributed by atoms with Crippen molar-refractivity contribution in [3.05, 3.63) is 59.4 Å². The van der Waals surface area contributed by atoms with E-state index < -0.39 is 5.97 Å². The van der Waals surface area contributed by atoms with E-state index in [1.54, 1.807) is 36.7 Å². The Hall–Kier alpha value is -2.73. The van der Waals surface area contributed by atoms with Crippen molar-refractivity contribution in [1.29, 1.82) is 5.41 Å². The van der Waals surface area contributed by atoms with Crippen LogP contribution in [0.5, 0.6) is 0 Å². The van der Waals surface area contributed by atoms with Crippen LogP contribution in [0, 0.1) is 5.41 Å². The number of carbonyl (C=O) groups is 1. The number of nitrogens with two attached hydrogens (primary N) is 1. The van der Waals surface area contributed by atoms with E-state index in [9.17, 15) is 4.79 Å². The van der Waals surface area contributed by atoms with Crippen LogP contribution in [0.3, 0.4) is 0 Å². The number of anilines is 1. The monoisotopic (exact) mass is 258 g/mol. The lowest BCUT2D eigenvalue weighted by molar-refractivity contribution is 0.0698. The molecule has 0 amide bonds. The van der Waals surface area contributed by atoms with Crippen molar-refractivity contribution < 1.29 is 9.90 Å². The van der Waals surface area contributed by atoms with Gasteiger partial charge in [0.05, 0.1) is 17.0 Å². The highest BCUT2D eigenvalue weighted by atomic mass is 16.4. The largest absolute Gasteiger partial charge is 0.478 e. The molecule has 0 aliphatic carbocycles. The third-order valence-electron chi connectivity index (χ3n) is 2.57. The highest BCUT2D eigenvalue weighted by molar-refractivity contribution is 6.15. The zero-order valence-electron chi connectivity index (χ0n) is 10.1. The molecule has 0 unspecified atom stereocenters. The Morgan fingerprint density at radius 3 is 2.32 bits per heavy atom. The van der Waals surface area contributed by atoms with E-state index in [-0.39, 0.29) is 23.1 Å². The number of nitrogens with one attached hydrogen (secondary N) is 1. The van der Waals surface area contributed by atoms with Gasteiger partial charge in [0, 0.05) is 23.5 Å². The molecule has 0 fully saturated rings. The van der Waals surface area contributed by atoms with Crippen LogP contribution in [0.25, 0.3) is 0 Å². The number of hydrogen-bond donors (Lipinski definition) is 4. The minimum atomic E-state index is -1.10. The average Bonchev–Trinajstić information content (AvgIpc) is 2.39. The van der Waals surface area contributed by atoms with Crippen LogP contribution in [-0.4, -0.2) is 21.8 Å². The Balaban J connectivity index is 0.00000180. The van der Waals surface area contributed by atoms with E-state index >= 15 is 0 Å². The summed E-state index contributed by atoms with van der Waals surface area (Å²) in [6.07, 6.45) is 3.14. The van der Waals surface area contributed by atoms with Gasteiger partial charge in [-0.2, -0.15) is 0 Å². The summed E-state index contributed by atoms with van der Waals surface area (Å²) in [5.41, 5.74) is 7.12. The molecule has 0 saturated carbocycles. The van der Waals surface area contributed by atoms with Crippen LogP contribution in [-0.2, 0) is 0 Å². The number of aromatic nitrogens is 1. The smallest absolute Gasteiger partial charge is 0.337 e. The van der Waals surface area contributed by atoms with E-state index in [0.717, 1.165) is 0 Å². The summed E-state index contributed by atoms with van der Waals surface area (Å²) in [5, 5.41) is 17.0. The summed E-state index contributed by atoms with van der Waals surface area (Å²) < 4.78 is 0. The van der Waals surface area contributed by atoms with Crippen molar-refractivity contribution in [2.24, 2.45) is 0 Å². The Labute approximate surface area is 110 Å². The van der Waals surface area contributed by atoms with Gasteiger partial charge in [0.15, 0.2) is 0 Å². The average molecular weight is 258 g/mol. The zero-order valence-corrected chi connectivity index (χ0v) is 10.1. The number of carboxylic acid groups (broad SMARTS) is 1. The molecule has 1 aromatic carbocycles. The van der Waals surface area contributed by atoms with Crippen LogP contribution in [0.15, 0.2) is 42.7 Å². The number of hydrogen-bond acceptors (Lipinski definition) is 5. The first-order chi connectivity index (χ1) is 8.61. The fraction of sp³-hybridized carbons (Fsp3) is 0. The predicted octanol–water partition coefficient (Wildman–Crippen LogP) is 1.94. The fourth-order valence-corrected chi connectivity index (χ4v) is 1.64. The summed E-state index contributed by atoms with van der Waals surface area (Å²) >= 11 is 0. The first kappa shape index (κ1) is 14.3. The third kappa shape index (κ3) is 2.75. The fourth-order valence-electron chi connectivity index (χ4n) is 1.64. The summed E-state index contributed by atoms with van der Waals surface area (Å²) in [6.45, 7) is 0. The van der Waals surface area contributed by atoms with Crippen molar-refractivity contribution >= 4 is 17.4 Å². The molecule has 0 radical (unpaired) electrons. The van der Waals surface area contributed by atoms with Crippen molar-refractivity contribution in [2.75, 3.05) is 5.73 Å². The van der Waals surface area contributed by atoms with E-state index in [2.05, 4.69) is 4.98 Å². The molecular formula is C13H14N4O2. The van der Waals surface area contributed by atoms with Gasteiger partial charge >= 0.3 is 5.97 Å². The van der Waals surface area contributed by atoms with Gasteiger partial charge in [-0.1, -0.05) is 12.1 Å². The molecule has 6 heteroatoms. The summed E-state index contributed by atoms with van der Waals surface area (Å²) in [7, 11) is 0. The quantitative estimate of drug-likeness (QED) is 0.492. The number of carboxylic acids is 1. The maximum Gasteiger partial charge on any atom is 0.337 e. The molecule has 2 rings (SSSR count). The molecule has 0 aliphatic heterocycles. The summed E-state index contributed by atoms with van der Waals surface area (Å²) in [5.74, 6) is -1.10. The lowest BCUT2D eigenvalue weighted by atomic mass is 9.99. The van der Waals surface area contributed by atoms with Crippen molar-refractivity contribution in [2.45, 2.75) is 0 Å². The summed E-state index contributed by atoms with van der Waals surface area (Å²) in [4.78, 5) is 14.8. The molecule has 0 bridgehead atoms. The summed E-state index contributed by atoms with van der Waals surface area (Å²) in [6, 6.07) is 7.97. The SMILES string of the molecule is N.N=C(c1ccncc1)c1cccc(C(=O)O)c1N. The normalized spacial score (nSPS) is 9.47. The van der Waals surface area contributed by atoms with Crippen molar-refractivity contribution in [1.82, 2.24) is 11.1 Å². The number of aromatic carboxylic acids is 1. The molecule has 0 spiro atoms. The van der Waals surface area contributed by atoms with E-state index in [1.165, 1.54) is 6.07 Å². The van der Waals surface area contributed by atoms with Gasteiger partial charge in [-0.25, -0.2) is 4.79 Å². The van der Waals surface area contributed by atoms with Crippen molar-refractivity contribution in [3.8, 4) is 0 Å². The lowest BCUT2D eigenvalue weighted by Gasteiger charge is -2.09. The standard InChI is InChI=1S/C13H11N3O2.H3N/c14-11(8-4-6-16-7-5-8)9-2-1-3-10(12(9)15)13(17)18;/h1-7,14H,15H2,(H,17,18);1H3. The van der Waals surface area contributed by atoms with Crippen LogP contribution >= 0.6 is 0 Å². The van der Waals surface area contributed by atoms with Gasteiger partial charge in [0.1, 0.15) is 0 Å². The number of nitrogens with zero attached hydrogens (tertiary/aromatic N) is 1.